The van der Waals surface area contributed by atoms with Crippen LogP contribution >= 0.6 is 0 Å². The number of amides is 1. The van der Waals surface area contributed by atoms with E-state index in [2.05, 4.69) is 17.2 Å². The van der Waals surface area contributed by atoms with Crippen molar-refractivity contribution in [2.24, 2.45) is 0 Å². The maximum absolute atomic E-state index is 11.1. The van der Waals surface area contributed by atoms with Crippen LogP contribution in [0.2, 0.25) is 0 Å². The van der Waals surface area contributed by atoms with Crippen LogP contribution in [-0.4, -0.2) is 26.5 Å². The fourth-order valence-corrected chi connectivity index (χ4v) is 1.33. The highest BCUT2D eigenvalue weighted by Gasteiger charge is 1.93. The van der Waals surface area contributed by atoms with Crippen LogP contribution in [0.25, 0.3) is 0 Å². The van der Waals surface area contributed by atoms with Crippen molar-refractivity contribution >= 4 is 11.6 Å². The van der Waals surface area contributed by atoms with E-state index in [0.29, 0.717) is 6.54 Å². The molecule has 3 heteroatoms. The molecule has 0 aliphatic heterocycles. The second kappa shape index (κ2) is 7.18. The number of allylic oxidation sites excluding steroid dienone is 1. The number of carbonyl (C=O) groups excluding carboxylic acids is 1. The van der Waals surface area contributed by atoms with Gasteiger partial charge in [-0.2, -0.15) is 0 Å². The summed E-state index contributed by atoms with van der Waals surface area (Å²) in [5.41, 5.74) is 2.09. The minimum Gasteiger partial charge on any atom is -0.378 e. The molecule has 18 heavy (non-hydrogen) atoms. The first-order valence-corrected chi connectivity index (χ1v) is 5.80. The van der Waals surface area contributed by atoms with E-state index in [1.54, 1.807) is 13.0 Å². The molecule has 0 fully saturated rings. The third kappa shape index (κ3) is 4.75. The van der Waals surface area contributed by atoms with E-state index in [1.165, 1.54) is 6.08 Å². The number of nitrogens with zero attached hydrogens (tertiary/aromatic N) is 1. The van der Waals surface area contributed by atoms with Crippen LogP contribution in [-0.2, 0) is 4.79 Å². The van der Waals surface area contributed by atoms with E-state index in [1.807, 2.05) is 43.3 Å². The second-order valence-corrected chi connectivity index (χ2v) is 3.96. The van der Waals surface area contributed by atoms with Gasteiger partial charge in [-0.3, -0.25) is 4.79 Å². The first-order valence-electron chi connectivity index (χ1n) is 5.80. The Morgan fingerprint density at radius 1 is 1.33 bits per heavy atom. The molecule has 94 valence electrons. The van der Waals surface area contributed by atoms with Gasteiger partial charge < -0.3 is 10.2 Å². The molecule has 3 nitrogen and oxygen atoms in total. The van der Waals surface area contributed by atoms with Crippen LogP contribution < -0.4 is 10.2 Å². The van der Waals surface area contributed by atoms with Crippen LogP contribution in [0.5, 0.6) is 0 Å². The van der Waals surface area contributed by atoms with E-state index in [9.17, 15) is 4.79 Å². The minimum atomic E-state index is -0.116. The lowest BCUT2D eigenvalue weighted by Crippen LogP contribution is -2.20. The summed E-state index contributed by atoms with van der Waals surface area (Å²) in [6.07, 6.45) is 3.18. The predicted octanol–water partition coefficient (Wildman–Crippen LogP) is 1.80. The number of hydrogen-bond acceptors (Lipinski definition) is 2. The van der Waals surface area contributed by atoms with Gasteiger partial charge >= 0.3 is 0 Å². The lowest BCUT2D eigenvalue weighted by atomic mass is 10.2. The molecule has 0 unspecified atom stereocenters. The van der Waals surface area contributed by atoms with Gasteiger partial charge in [0.15, 0.2) is 0 Å². The third-order valence-corrected chi connectivity index (χ3v) is 2.29. The van der Waals surface area contributed by atoms with Gasteiger partial charge in [0, 0.05) is 25.3 Å². The van der Waals surface area contributed by atoms with E-state index < -0.39 is 0 Å². The molecular weight excluding hydrogens is 224 g/mol. The highest BCUT2D eigenvalue weighted by molar-refractivity contribution is 5.87. The Morgan fingerprint density at radius 2 is 2.00 bits per heavy atom. The molecule has 1 amide bonds. The second-order valence-electron chi connectivity index (χ2n) is 3.96. The molecule has 0 aromatic heterocycles. The Kier molecular flexibility index (Phi) is 5.53. The van der Waals surface area contributed by atoms with Crippen molar-refractivity contribution in [2.75, 3.05) is 25.5 Å². The molecule has 0 bridgehead atoms. The number of hydrogen-bond donors (Lipinski definition) is 1. The fourth-order valence-electron chi connectivity index (χ4n) is 1.33. The van der Waals surface area contributed by atoms with Gasteiger partial charge in [0.2, 0.25) is 5.91 Å². The van der Waals surface area contributed by atoms with E-state index >= 15 is 0 Å². The van der Waals surface area contributed by atoms with Gasteiger partial charge in [0.1, 0.15) is 0 Å². The van der Waals surface area contributed by atoms with Crippen molar-refractivity contribution in [1.82, 2.24) is 5.32 Å². The van der Waals surface area contributed by atoms with Crippen LogP contribution in [0.15, 0.2) is 36.4 Å². The van der Waals surface area contributed by atoms with Crippen LogP contribution in [0, 0.1) is 11.8 Å². The Labute approximate surface area is 108 Å². The third-order valence-electron chi connectivity index (χ3n) is 2.29. The van der Waals surface area contributed by atoms with E-state index in [0.717, 1.165) is 11.3 Å². The van der Waals surface area contributed by atoms with E-state index in [-0.39, 0.29) is 5.91 Å². The molecule has 0 radical (unpaired) electrons. The summed E-state index contributed by atoms with van der Waals surface area (Å²) in [7, 11) is 3.99. The van der Waals surface area contributed by atoms with Gasteiger partial charge in [-0.25, -0.2) is 0 Å². The number of anilines is 1. The van der Waals surface area contributed by atoms with Crippen LogP contribution in [0.3, 0.4) is 0 Å². The van der Waals surface area contributed by atoms with Gasteiger partial charge in [-0.15, -0.1) is 0 Å². The highest BCUT2D eigenvalue weighted by atomic mass is 16.1. The summed E-state index contributed by atoms with van der Waals surface area (Å²) < 4.78 is 0. The lowest BCUT2D eigenvalue weighted by Gasteiger charge is -2.11. The van der Waals surface area contributed by atoms with Crippen molar-refractivity contribution in [3.05, 3.63) is 42.0 Å². The molecule has 1 aromatic carbocycles. The van der Waals surface area contributed by atoms with Crippen molar-refractivity contribution in [3.63, 3.8) is 0 Å². The molecule has 0 heterocycles. The Balaban J connectivity index is 2.50. The number of rotatable bonds is 3. The lowest BCUT2D eigenvalue weighted by molar-refractivity contribution is -0.116. The standard InChI is InChI=1S/C15H18N2O/c1-4-6-15(18)16-12-5-7-13-8-10-14(11-9-13)17(2)3/h4,6,8-11H,12H2,1-3H3,(H,16,18)/b6-4+. The zero-order chi connectivity index (χ0) is 13.4. The van der Waals surface area contributed by atoms with Crippen LogP contribution in [0.4, 0.5) is 5.69 Å². The van der Waals surface area contributed by atoms with Crippen molar-refractivity contribution in [3.8, 4) is 11.8 Å². The Hall–Kier alpha value is -2.21. The molecule has 1 aromatic rings. The Bertz CT molecular complexity index is 475. The molecule has 0 atom stereocenters. The smallest absolute Gasteiger partial charge is 0.244 e. The van der Waals surface area contributed by atoms with Gasteiger partial charge in [-0.1, -0.05) is 17.9 Å². The SMILES string of the molecule is C/C=C/C(=O)NCC#Cc1ccc(N(C)C)cc1. The largest absolute Gasteiger partial charge is 0.378 e. The van der Waals surface area contributed by atoms with Crippen molar-refractivity contribution in [1.29, 1.82) is 0 Å². The summed E-state index contributed by atoms with van der Waals surface area (Å²) in [5.74, 6) is 5.80. The number of nitrogens with one attached hydrogen (secondary N) is 1. The maximum Gasteiger partial charge on any atom is 0.244 e. The van der Waals surface area contributed by atoms with Gasteiger partial charge in [-0.05, 0) is 37.3 Å². The molecule has 1 N–H and O–H groups in total. The van der Waals surface area contributed by atoms with Gasteiger partial charge in [0.05, 0.1) is 6.54 Å². The number of carbonyl (C=O) groups is 1. The normalized spacial score (nSPS) is 9.72. The average Bonchev–Trinajstić information content (AvgIpc) is 2.35. The summed E-state index contributed by atoms with van der Waals surface area (Å²) in [6.45, 7) is 2.16. The fraction of sp³-hybridized carbons (Fsp3) is 0.267. The summed E-state index contributed by atoms with van der Waals surface area (Å²) in [4.78, 5) is 13.1. The zero-order valence-corrected chi connectivity index (χ0v) is 11.0. The molecule has 0 aliphatic rings. The molecule has 0 aliphatic carbocycles. The van der Waals surface area contributed by atoms with Crippen molar-refractivity contribution in [2.45, 2.75) is 6.92 Å². The number of benzene rings is 1. The first kappa shape index (κ1) is 13.9. The predicted molar refractivity (Wildman–Crippen MR) is 75.5 cm³/mol. The zero-order valence-electron chi connectivity index (χ0n) is 11.0. The van der Waals surface area contributed by atoms with Crippen molar-refractivity contribution < 1.29 is 4.79 Å². The summed E-state index contributed by atoms with van der Waals surface area (Å²) >= 11 is 0. The molecule has 1 rings (SSSR count). The Morgan fingerprint density at radius 3 is 2.56 bits per heavy atom. The highest BCUT2D eigenvalue weighted by Crippen LogP contribution is 2.11. The van der Waals surface area contributed by atoms with Gasteiger partial charge in [0.25, 0.3) is 0 Å². The topological polar surface area (TPSA) is 32.3 Å². The molecule has 0 saturated heterocycles. The quantitative estimate of drug-likeness (QED) is 0.647. The average molecular weight is 242 g/mol. The monoisotopic (exact) mass is 242 g/mol. The van der Waals surface area contributed by atoms with Crippen LogP contribution in [0.1, 0.15) is 12.5 Å². The molecular formula is C15H18N2O. The molecule has 0 spiro atoms. The molecule has 0 saturated carbocycles. The van der Waals surface area contributed by atoms with E-state index in [4.69, 9.17) is 0 Å². The summed E-state index contributed by atoms with van der Waals surface area (Å²) in [6, 6.07) is 7.97. The minimum absolute atomic E-state index is 0.116. The maximum atomic E-state index is 11.1. The summed E-state index contributed by atoms with van der Waals surface area (Å²) in [5, 5.41) is 2.68. The first-order chi connectivity index (χ1) is 8.63.